The Balaban J connectivity index is 0. The van der Waals surface area contributed by atoms with E-state index in [1.165, 1.54) is 18.8 Å². The molecule has 0 atom stereocenters. The normalized spacial score (nSPS) is 14.6. The third-order valence-electron chi connectivity index (χ3n) is 3.16. The van der Waals surface area contributed by atoms with Crippen LogP contribution in [-0.4, -0.2) is 51.2 Å². The molecule has 1 aromatic carbocycles. The van der Waals surface area contributed by atoms with Crippen LogP contribution in [0.2, 0.25) is 0 Å². The van der Waals surface area contributed by atoms with Gasteiger partial charge in [0.05, 0.1) is 0 Å². The number of benzene rings is 1. The van der Waals surface area contributed by atoms with Gasteiger partial charge < -0.3 is 10.2 Å². The van der Waals surface area contributed by atoms with Gasteiger partial charge in [0.25, 0.3) is 0 Å². The second-order valence-electron chi connectivity index (χ2n) is 4.35. The van der Waals surface area contributed by atoms with Crippen LogP contribution in [0.25, 0.3) is 0 Å². The average molecular weight is 329 g/mol. The number of nitrogens with one attached hydrogen (secondary N) is 1. The van der Waals surface area contributed by atoms with Crippen molar-refractivity contribution in [1.29, 1.82) is 0 Å². The van der Waals surface area contributed by atoms with Crippen molar-refractivity contribution in [2.45, 2.75) is 0 Å². The molecule has 1 aliphatic rings. The summed E-state index contributed by atoms with van der Waals surface area (Å²) in [6, 6.07) is 10.6. The maximum atomic E-state index is 3.38. The van der Waals surface area contributed by atoms with Crippen molar-refractivity contribution in [2.24, 2.45) is 0 Å². The van der Waals surface area contributed by atoms with Gasteiger partial charge in [-0.05, 0) is 12.1 Å². The first-order valence-electron chi connectivity index (χ1n) is 6.05. The summed E-state index contributed by atoms with van der Waals surface area (Å²) < 4.78 is 0. The Kier molecular flexibility index (Phi) is 12.9. The highest BCUT2D eigenvalue weighted by molar-refractivity contribution is 5.86. The van der Waals surface area contributed by atoms with Crippen LogP contribution in [0.4, 0.5) is 5.69 Å². The molecule has 1 aliphatic heterocycles. The number of hydrogen-bond donors (Lipinski definition) is 1. The highest BCUT2D eigenvalue weighted by Crippen LogP contribution is 2.10. The smallest absolute Gasteiger partial charge is 0.0364 e. The maximum absolute atomic E-state index is 3.38. The molecular weight excluding hydrogens is 305 g/mol. The molecule has 6 heteroatoms. The maximum Gasteiger partial charge on any atom is 0.0364 e. The number of rotatable bonds is 4. The van der Waals surface area contributed by atoms with Gasteiger partial charge in [0.2, 0.25) is 0 Å². The molecule has 0 saturated carbocycles. The van der Waals surface area contributed by atoms with E-state index in [4.69, 9.17) is 0 Å². The van der Waals surface area contributed by atoms with Crippen molar-refractivity contribution >= 4 is 42.9 Å². The standard InChI is InChI=1S/C13H21N3.3ClH/c1-15(13-5-3-2-4-6-13)11-12-16-9-7-14-8-10-16;;;/h2-6,14H,7-12H2,1H3;3*1H. The van der Waals surface area contributed by atoms with E-state index in [-0.39, 0.29) is 37.2 Å². The third-order valence-corrected chi connectivity index (χ3v) is 3.16. The number of nitrogens with zero attached hydrogens (tertiary/aromatic N) is 2. The van der Waals surface area contributed by atoms with E-state index in [1.807, 2.05) is 0 Å². The van der Waals surface area contributed by atoms with Crippen LogP contribution in [0.5, 0.6) is 0 Å². The van der Waals surface area contributed by atoms with Crippen molar-refractivity contribution in [3.8, 4) is 0 Å². The summed E-state index contributed by atoms with van der Waals surface area (Å²) in [6.45, 7) is 6.90. The van der Waals surface area contributed by atoms with Gasteiger partial charge >= 0.3 is 0 Å². The molecule has 0 bridgehead atoms. The van der Waals surface area contributed by atoms with Crippen LogP contribution in [0.3, 0.4) is 0 Å². The van der Waals surface area contributed by atoms with Crippen molar-refractivity contribution in [3.05, 3.63) is 30.3 Å². The van der Waals surface area contributed by atoms with E-state index in [0.717, 1.165) is 26.2 Å². The molecule has 0 unspecified atom stereocenters. The van der Waals surface area contributed by atoms with E-state index in [1.54, 1.807) is 0 Å². The lowest BCUT2D eigenvalue weighted by molar-refractivity contribution is 0.246. The summed E-state index contributed by atoms with van der Waals surface area (Å²) in [4.78, 5) is 4.85. The average Bonchev–Trinajstić information content (AvgIpc) is 2.38. The SMILES string of the molecule is CN(CCN1CCNCC1)c1ccccc1.Cl.Cl.Cl. The molecule has 1 fully saturated rings. The molecule has 0 aromatic heterocycles. The van der Waals surface area contributed by atoms with Crippen LogP contribution < -0.4 is 10.2 Å². The highest BCUT2D eigenvalue weighted by Gasteiger charge is 2.09. The summed E-state index contributed by atoms with van der Waals surface area (Å²) in [5, 5.41) is 3.38. The van der Waals surface area contributed by atoms with Crippen molar-refractivity contribution in [3.63, 3.8) is 0 Å². The first-order chi connectivity index (χ1) is 7.86. The van der Waals surface area contributed by atoms with Gasteiger partial charge in [-0.3, -0.25) is 4.90 Å². The van der Waals surface area contributed by atoms with Gasteiger partial charge in [-0.1, -0.05) is 18.2 Å². The molecule has 0 spiro atoms. The molecule has 1 N–H and O–H groups in total. The second-order valence-corrected chi connectivity index (χ2v) is 4.35. The largest absolute Gasteiger partial charge is 0.373 e. The first-order valence-corrected chi connectivity index (χ1v) is 6.05. The Morgan fingerprint density at radius 2 is 1.63 bits per heavy atom. The van der Waals surface area contributed by atoms with Crippen LogP contribution in [-0.2, 0) is 0 Å². The van der Waals surface area contributed by atoms with E-state index >= 15 is 0 Å². The van der Waals surface area contributed by atoms with Gasteiger partial charge in [-0.15, -0.1) is 37.2 Å². The number of anilines is 1. The predicted octanol–water partition coefficient (Wildman–Crippen LogP) is 2.29. The minimum absolute atomic E-state index is 0. The lowest BCUT2D eigenvalue weighted by Gasteiger charge is -2.29. The summed E-state index contributed by atoms with van der Waals surface area (Å²) >= 11 is 0. The molecule has 112 valence electrons. The van der Waals surface area contributed by atoms with Crippen molar-refractivity contribution < 1.29 is 0 Å². The fourth-order valence-electron chi connectivity index (χ4n) is 2.04. The molecule has 3 nitrogen and oxygen atoms in total. The zero-order valence-electron chi connectivity index (χ0n) is 11.2. The van der Waals surface area contributed by atoms with Crippen molar-refractivity contribution in [1.82, 2.24) is 10.2 Å². The Morgan fingerprint density at radius 1 is 1.05 bits per heavy atom. The fraction of sp³-hybridized carbons (Fsp3) is 0.538. The zero-order chi connectivity index (χ0) is 11.2. The lowest BCUT2D eigenvalue weighted by Crippen LogP contribution is -2.45. The molecule has 2 rings (SSSR count). The number of likely N-dealkylation sites (N-methyl/N-ethyl adjacent to an activating group) is 1. The quantitative estimate of drug-likeness (QED) is 0.915. The van der Waals surface area contributed by atoms with E-state index in [0.29, 0.717) is 0 Å². The minimum Gasteiger partial charge on any atom is -0.373 e. The zero-order valence-corrected chi connectivity index (χ0v) is 13.7. The van der Waals surface area contributed by atoms with Crippen LogP contribution in [0.15, 0.2) is 30.3 Å². The molecule has 19 heavy (non-hydrogen) atoms. The molecule has 0 amide bonds. The summed E-state index contributed by atoms with van der Waals surface area (Å²) in [6.07, 6.45) is 0. The first kappa shape index (κ1) is 21.1. The molecule has 0 radical (unpaired) electrons. The van der Waals surface area contributed by atoms with Gasteiger partial charge in [-0.25, -0.2) is 0 Å². The van der Waals surface area contributed by atoms with E-state index in [9.17, 15) is 0 Å². The van der Waals surface area contributed by atoms with Gasteiger partial charge in [0.15, 0.2) is 0 Å². The Hall–Kier alpha value is -0.190. The Morgan fingerprint density at radius 3 is 2.21 bits per heavy atom. The number of para-hydroxylation sites is 1. The van der Waals surface area contributed by atoms with Crippen LogP contribution >= 0.6 is 37.2 Å². The summed E-state index contributed by atoms with van der Waals surface area (Å²) in [5.74, 6) is 0. The Bertz CT molecular complexity index is 305. The predicted molar refractivity (Wildman–Crippen MR) is 90.8 cm³/mol. The van der Waals surface area contributed by atoms with Crippen LogP contribution in [0.1, 0.15) is 0 Å². The molecule has 1 saturated heterocycles. The number of halogens is 3. The highest BCUT2D eigenvalue weighted by atomic mass is 35.5. The Labute approximate surface area is 135 Å². The van der Waals surface area contributed by atoms with Crippen molar-refractivity contribution in [2.75, 3.05) is 51.2 Å². The summed E-state index contributed by atoms with van der Waals surface area (Å²) in [5.41, 5.74) is 1.30. The number of piperazine rings is 1. The van der Waals surface area contributed by atoms with E-state index < -0.39 is 0 Å². The van der Waals surface area contributed by atoms with Crippen LogP contribution in [0, 0.1) is 0 Å². The third kappa shape index (κ3) is 7.23. The topological polar surface area (TPSA) is 18.5 Å². The molecule has 1 aromatic rings. The summed E-state index contributed by atoms with van der Waals surface area (Å²) in [7, 11) is 2.16. The second kappa shape index (κ2) is 11.6. The molecule has 1 heterocycles. The fourth-order valence-corrected chi connectivity index (χ4v) is 2.04. The van der Waals surface area contributed by atoms with Gasteiger partial charge in [0.1, 0.15) is 0 Å². The van der Waals surface area contributed by atoms with Gasteiger partial charge in [-0.2, -0.15) is 0 Å². The minimum atomic E-state index is 0. The monoisotopic (exact) mass is 327 g/mol. The lowest BCUT2D eigenvalue weighted by atomic mass is 10.3. The molecule has 0 aliphatic carbocycles. The number of hydrogen-bond acceptors (Lipinski definition) is 3. The molecular formula is C13H24Cl3N3. The van der Waals surface area contributed by atoms with Gasteiger partial charge in [0, 0.05) is 52.0 Å². The van der Waals surface area contributed by atoms with E-state index in [2.05, 4.69) is 52.5 Å².